The Bertz CT molecular complexity index is 1570. The van der Waals surface area contributed by atoms with E-state index in [1.807, 2.05) is 0 Å². The molecule has 0 spiro atoms. The Kier molecular flexibility index (Phi) is 19.7. The largest absolute Gasteiger partial charge is 0.481 e. The average Bonchev–Trinajstić information content (AvgIpc) is 4.00. The van der Waals surface area contributed by atoms with Crippen LogP contribution in [0.15, 0.2) is 48.5 Å². The van der Waals surface area contributed by atoms with Crippen LogP contribution in [-0.2, 0) is 44.9 Å². The fourth-order valence-electron chi connectivity index (χ4n) is 8.98. The second-order valence-electron chi connectivity index (χ2n) is 18.5. The number of carbonyl (C=O) groups is 4. The third-order valence-corrected chi connectivity index (χ3v) is 14.1. The Hall–Kier alpha value is -3.68. The van der Waals surface area contributed by atoms with Crippen LogP contribution in [0.5, 0.6) is 0 Å². The molecule has 4 N–H and O–H groups in total. The normalized spacial score (nSPS) is 17.8. The van der Waals surface area contributed by atoms with E-state index in [2.05, 4.69) is 48.5 Å². The van der Waals surface area contributed by atoms with Crippen molar-refractivity contribution in [1.29, 1.82) is 0 Å². The predicted molar refractivity (Wildman–Crippen MR) is 237 cm³/mol. The summed E-state index contributed by atoms with van der Waals surface area (Å²) in [5.74, 6) is -2.40. The van der Waals surface area contributed by atoms with Gasteiger partial charge in [-0.05, 0) is 151 Å². The van der Waals surface area contributed by atoms with E-state index < -0.39 is 29.3 Å². The quantitative estimate of drug-likeness (QED) is 0.0593. The molecule has 4 aliphatic rings. The Morgan fingerprint density at radius 3 is 0.746 bits per heavy atom. The van der Waals surface area contributed by atoms with Crippen molar-refractivity contribution in [2.45, 2.75) is 201 Å². The summed E-state index contributed by atoms with van der Waals surface area (Å²) >= 11 is 0. The molecule has 2 aromatic carbocycles. The van der Waals surface area contributed by atoms with Gasteiger partial charge in [-0.2, -0.15) is 0 Å². The minimum Gasteiger partial charge on any atom is -0.481 e. The highest BCUT2D eigenvalue weighted by Gasteiger charge is 2.51. The van der Waals surface area contributed by atoms with Crippen LogP contribution in [0.1, 0.15) is 198 Å². The van der Waals surface area contributed by atoms with Gasteiger partial charge in [0, 0.05) is 0 Å². The van der Waals surface area contributed by atoms with Crippen LogP contribution in [0.25, 0.3) is 0 Å². The molecule has 0 saturated heterocycles. The van der Waals surface area contributed by atoms with E-state index >= 15 is 0 Å². The molecule has 0 aromatic heterocycles. The second kappa shape index (κ2) is 23.4. The summed E-state index contributed by atoms with van der Waals surface area (Å²) in [4.78, 5) is 44.9. The van der Waals surface area contributed by atoms with E-state index in [9.17, 15) is 39.6 Å². The Labute approximate surface area is 356 Å². The van der Waals surface area contributed by atoms with Gasteiger partial charge in [0.05, 0.1) is 21.7 Å². The number of carboxylic acids is 4. The third-order valence-electron chi connectivity index (χ3n) is 14.1. The zero-order chi connectivity index (χ0) is 40.8. The maximum atomic E-state index is 11.2. The van der Waals surface area contributed by atoms with Gasteiger partial charge in [0.1, 0.15) is 0 Å². The molecular weight excluding hydrogens is 741 g/mol. The van der Waals surface area contributed by atoms with Gasteiger partial charge in [-0.25, -0.2) is 0 Å². The van der Waals surface area contributed by atoms with E-state index in [-0.39, 0.29) is 31.1 Å². The maximum Gasteiger partial charge on any atom is 0.309 e. The first kappa shape index (κ1) is 49.7. The van der Waals surface area contributed by atoms with Gasteiger partial charge in [-0.1, -0.05) is 121 Å². The third kappa shape index (κ3) is 15.1. The molecule has 330 valence electrons. The highest BCUT2D eigenvalue weighted by molar-refractivity contribution is 5.78. The lowest BCUT2D eigenvalue weighted by molar-refractivity contribution is -0.144. The van der Waals surface area contributed by atoms with Crippen molar-refractivity contribution in [3.63, 3.8) is 0 Å². The van der Waals surface area contributed by atoms with E-state index in [4.69, 9.17) is 0 Å². The lowest BCUT2D eigenvalue weighted by Crippen LogP contribution is -2.14. The molecule has 8 heteroatoms. The zero-order valence-corrected chi connectivity index (χ0v) is 34.5. The Balaban J connectivity index is 0.000000306. The number of unbranched alkanes of at least 4 members (excludes halogenated alkanes) is 9. The minimum atomic E-state index is -0.612. The van der Waals surface area contributed by atoms with Gasteiger partial charge >= 0.3 is 23.9 Å². The number of aryl methyl sites for hydroxylation is 4. The topological polar surface area (TPSA) is 149 Å². The van der Waals surface area contributed by atoms with Crippen molar-refractivity contribution in [3.05, 3.63) is 70.8 Å². The van der Waals surface area contributed by atoms with Crippen molar-refractivity contribution < 1.29 is 39.6 Å². The van der Waals surface area contributed by atoms with Gasteiger partial charge in [0.2, 0.25) is 0 Å². The van der Waals surface area contributed by atoms with Crippen molar-refractivity contribution >= 4 is 23.9 Å². The van der Waals surface area contributed by atoms with Gasteiger partial charge in [0.15, 0.2) is 0 Å². The van der Waals surface area contributed by atoms with Crippen LogP contribution in [-0.4, -0.2) is 44.3 Å². The molecule has 4 saturated carbocycles. The van der Waals surface area contributed by atoms with Crippen molar-refractivity contribution in [3.8, 4) is 0 Å². The smallest absolute Gasteiger partial charge is 0.309 e. The monoisotopic (exact) mass is 819 g/mol. The van der Waals surface area contributed by atoms with Gasteiger partial charge in [0.25, 0.3) is 0 Å². The number of carboxylic acid groups (broad SMARTS) is 4. The molecule has 8 nitrogen and oxygen atoms in total. The lowest BCUT2D eigenvalue weighted by atomic mass is 9.93. The summed E-state index contributed by atoms with van der Waals surface area (Å²) in [6, 6.07) is 17.3. The summed E-state index contributed by atoms with van der Waals surface area (Å²) in [5, 5.41) is 37.0. The lowest BCUT2D eigenvalue weighted by Gasteiger charge is -2.12. The van der Waals surface area contributed by atoms with E-state index in [1.54, 1.807) is 0 Å². The van der Waals surface area contributed by atoms with Crippen LogP contribution in [0.3, 0.4) is 0 Å². The van der Waals surface area contributed by atoms with E-state index in [0.717, 1.165) is 161 Å². The van der Waals surface area contributed by atoms with E-state index in [0.29, 0.717) is 0 Å². The molecule has 0 bridgehead atoms. The molecule has 0 aliphatic heterocycles. The number of benzene rings is 2. The molecule has 0 heterocycles. The molecule has 0 radical (unpaired) electrons. The summed E-state index contributed by atoms with van der Waals surface area (Å²) in [6.45, 7) is 0. The molecule has 0 amide bonds. The maximum absolute atomic E-state index is 11.2. The summed E-state index contributed by atoms with van der Waals surface area (Å²) in [7, 11) is 0. The van der Waals surface area contributed by atoms with Crippen LogP contribution in [0.4, 0.5) is 0 Å². The van der Waals surface area contributed by atoms with Crippen LogP contribution in [0, 0.1) is 21.7 Å². The Morgan fingerprint density at radius 2 is 0.525 bits per heavy atom. The fraction of sp³-hybridized carbons (Fsp3) is 0.686. The minimum absolute atomic E-state index is 0. The summed E-state index contributed by atoms with van der Waals surface area (Å²) < 4.78 is 0. The fourth-order valence-corrected chi connectivity index (χ4v) is 8.98. The molecule has 4 fully saturated rings. The van der Waals surface area contributed by atoms with Crippen LogP contribution < -0.4 is 0 Å². The molecule has 59 heavy (non-hydrogen) atoms. The van der Waals surface area contributed by atoms with Gasteiger partial charge < -0.3 is 20.4 Å². The first-order valence-electron chi connectivity index (χ1n) is 22.5. The SMILES string of the molecule is C.C.O=C(O)C1(CCCCCCc2ccccc2CCCCCCC2(C(=O)O)CC2)CC1.O=C(O)C1(CCCCCc2ccccc2CCCCC2(C(=O)O)CC2)CC1. The number of rotatable bonds is 29. The van der Waals surface area contributed by atoms with Crippen molar-refractivity contribution in [2.75, 3.05) is 0 Å². The molecule has 4 aliphatic carbocycles. The van der Waals surface area contributed by atoms with E-state index in [1.165, 1.54) is 47.9 Å². The average molecular weight is 819 g/mol. The summed E-state index contributed by atoms with van der Waals surface area (Å²) in [6.07, 6.45) is 28.8. The highest BCUT2D eigenvalue weighted by Crippen LogP contribution is 2.52. The zero-order valence-electron chi connectivity index (χ0n) is 34.5. The molecule has 0 atom stereocenters. The first-order valence-corrected chi connectivity index (χ1v) is 22.5. The number of aliphatic carboxylic acids is 4. The number of hydrogen-bond donors (Lipinski definition) is 4. The van der Waals surface area contributed by atoms with Gasteiger partial charge in [-0.3, -0.25) is 19.2 Å². The van der Waals surface area contributed by atoms with Crippen LogP contribution >= 0.6 is 0 Å². The second-order valence-corrected chi connectivity index (χ2v) is 18.5. The van der Waals surface area contributed by atoms with Gasteiger partial charge in [-0.15, -0.1) is 0 Å². The first-order chi connectivity index (χ1) is 27.4. The summed E-state index contributed by atoms with van der Waals surface area (Å²) in [5.41, 5.74) is 4.22. The standard InChI is InChI=1S/C26H38O4.C23H32O4.2CH4/c27-23(28)25(17-18-25)15-9-3-1-5-11-21-13-7-8-14-22(21)12-6-2-4-10-16-26(19-20-26)24(29)30;24-20(25)22(14-15-22)12-6-1-2-8-18-9-3-4-10-19(18)11-5-7-13-23(16-17-23)21(26)27;;/h7-8,13-14H,1-6,9-12,15-20H2,(H,27,28)(H,29,30);3-4,9-10H,1-2,5-8,11-17H2,(H,24,25)(H,26,27);2*1H4. The number of hydrogen-bond acceptors (Lipinski definition) is 4. The predicted octanol–water partition coefficient (Wildman–Crippen LogP) is 12.9. The van der Waals surface area contributed by atoms with Crippen molar-refractivity contribution in [2.24, 2.45) is 21.7 Å². The molecule has 6 rings (SSSR count). The molecule has 0 unspecified atom stereocenters. The molecule has 2 aromatic rings. The van der Waals surface area contributed by atoms with Crippen LogP contribution in [0.2, 0.25) is 0 Å². The Morgan fingerprint density at radius 1 is 0.339 bits per heavy atom. The highest BCUT2D eigenvalue weighted by atomic mass is 16.4. The molecular formula is C51H78O8. The van der Waals surface area contributed by atoms with Crippen molar-refractivity contribution in [1.82, 2.24) is 0 Å².